The van der Waals surface area contributed by atoms with E-state index in [4.69, 9.17) is 13.9 Å². The maximum Gasteiger partial charge on any atom is 0.238 e. The molecular formula is C24H29N3O4. The SMILES string of the molecule is CCOc1ccc(OCC)c(NC(=O)CN2CCCC(c3nc4ccccc4o3)C2)c1. The quantitative estimate of drug-likeness (QED) is 0.577. The van der Waals surface area contributed by atoms with Crippen molar-refractivity contribution in [1.29, 1.82) is 0 Å². The van der Waals surface area contributed by atoms with E-state index in [0.717, 1.165) is 42.9 Å². The zero-order chi connectivity index (χ0) is 21.6. The van der Waals surface area contributed by atoms with Gasteiger partial charge >= 0.3 is 0 Å². The lowest BCUT2D eigenvalue weighted by Gasteiger charge is -2.30. The fraction of sp³-hybridized carbons (Fsp3) is 0.417. The third kappa shape index (κ3) is 5.17. The number of aromatic nitrogens is 1. The van der Waals surface area contributed by atoms with Gasteiger partial charge in [-0.2, -0.15) is 0 Å². The number of rotatable bonds is 8. The second-order valence-electron chi connectivity index (χ2n) is 7.67. The van der Waals surface area contributed by atoms with Crippen LogP contribution in [0.5, 0.6) is 11.5 Å². The molecule has 1 aliphatic heterocycles. The molecule has 1 atom stereocenters. The first kappa shape index (κ1) is 21.2. The molecule has 0 bridgehead atoms. The second kappa shape index (κ2) is 9.83. The van der Waals surface area contributed by atoms with Gasteiger partial charge in [0.2, 0.25) is 5.91 Å². The number of nitrogens with one attached hydrogen (secondary N) is 1. The predicted octanol–water partition coefficient (Wildman–Crippen LogP) is 4.44. The number of piperidine rings is 1. The molecule has 3 aromatic rings. The highest BCUT2D eigenvalue weighted by atomic mass is 16.5. The van der Waals surface area contributed by atoms with Crippen molar-refractivity contribution in [2.24, 2.45) is 0 Å². The van der Waals surface area contributed by atoms with Gasteiger partial charge in [-0.05, 0) is 57.5 Å². The number of ether oxygens (including phenoxy) is 2. The van der Waals surface area contributed by atoms with Crippen molar-refractivity contribution in [1.82, 2.24) is 9.88 Å². The van der Waals surface area contributed by atoms with Crippen molar-refractivity contribution >= 4 is 22.7 Å². The predicted molar refractivity (Wildman–Crippen MR) is 120 cm³/mol. The average Bonchev–Trinajstić information content (AvgIpc) is 3.20. The Kier molecular flexibility index (Phi) is 6.72. The summed E-state index contributed by atoms with van der Waals surface area (Å²) in [5.41, 5.74) is 2.32. The van der Waals surface area contributed by atoms with Crippen LogP contribution in [0.3, 0.4) is 0 Å². The zero-order valence-corrected chi connectivity index (χ0v) is 18.1. The number of benzene rings is 2. The number of anilines is 1. The van der Waals surface area contributed by atoms with Gasteiger partial charge in [0.25, 0.3) is 0 Å². The number of likely N-dealkylation sites (tertiary alicyclic amines) is 1. The molecule has 0 aliphatic carbocycles. The van der Waals surface area contributed by atoms with E-state index in [1.54, 1.807) is 0 Å². The Morgan fingerprint density at radius 1 is 1.19 bits per heavy atom. The number of fused-ring (bicyclic) bond motifs is 1. The van der Waals surface area contributed by atoms with Crippen LogP contribution in [-0.4, -0.2) is 48.6 Å². The van der Waals surface area contributed by atoms with E-state index < -0.39 is 0 Å². The Morgan fingerprint density at radius 2 is 2.03 bits per heavy atom. The van der Waals surface area contributed by atoms with Crippen LogP contribution in [0, 0.1) is 0 Å². The highest BCUT2D eigenvalue weighted by Crippen LogP contribution is 2.31. The number of hydrogen-bond acceptors (Lipinski definition) is 6. The van der Waals surface area contributed by atoms with Gasteiger partial charge < -0.3 is 19.2 Å². The fourth-order valence-electron chi connectivity index (χ4n) is 4.00. The van der Waals surface area contributed by atoms with E-state index >= 15 is 0 Å². The van der Waals surface area contributed by atoms with Gasteiger partial charge in [-0.3, -0.25) is 9.69 Å². The van der Waals surface area contributed by atoms with Crippen LogP contribution in [-0.2, 0) is 4.79 Å². The lowest BCUT2D eigenvalue weighted by molar-refractivity contribution is -0.117. The van der Waals surface area contributed by atoms with Gasteiger partial charge in [0.05, 0.1) is 25.4 Å². The van der Waals surface area contributed by atoms with Crippen LogP contribution in [0.15, 0.2) is 46.9 Å². The lowest BCUT2D eigenvalue weighted by Crippen LogP contribution is -2.39. The van der Waals surface area contributed by atoms with E-state index in [-0.39, 0.29) is 11.8 Å². The first-order chi connectivity index (χ1) is 15.2. The van der Waals surface area contributed by atoms with Crippen molar-refractivity contribution < 1.29 is 18.7 Å². The number of carbonyl (C=O) groups is 1. The topological polar surface area (TPSA) is 76.8 Å². The molecule has 7 heteroatoms. The number of hydrogen-bond donors (Lipinski definition) is 1. The van der Waals surface area contributed by atoms with E-state index in [1.165, 1.54) is 0 Å². The average molecular weight is 424 g/mol. The van der Waals surface area contributed by atoms with Gasteiger partial charge in [0, 0.05) is 18.5 Å². The molecule has 0 spiro atoms. The molecule has 0 saturated carbocycles. The summed E-state index contributed by atoms with van der Waals surface area (Å²) in [6.07, 6.45) is 2.01. The Balaban J connectivity index is 1.40. The van der Waals surface area contributed by atoms with Gasteiger partial charge in [-0.1, -0.05) is 12.1 Å². The summed E-state index contributed by atoms with van der Waals surface area (Å²) in [6.45, 7) is 6.86. The van der Waals surface area contributed by atoms with Gasteiger partial charge in [0.15, 0.2) is 11.5 Å². The molecule has 31 heavy (non-hydrogen) atoms. The van der Waals surface area contributed by atoms with E-state index in [9.17, 15) is 4.79 Å². The summed E-state index contributed by atoms with van der Waals surface area (Å²) in [4.78, 5) is 19.6. The Morgan fingerprint density at radius 3 is 2.84 bits per heavy atom. The molecule has 2 heterocycles. The number of oxazole rings is 1. The fourth-order valence-corrected chi connectivity index (χ4v) is 4.00. The second-order valence-corrected chi connectivity index (χ2v) is 7.67. The maximum absolute atomic E-state index is 12.8. The third-order valence-electron chi connectivity index (χ3n) is 5.37. The molecule has 1 amide bonds. The smallest absolute Gasteiger partial charge is 0.238 e. The molecule has 1 saturated heterocycles. The minimum absolute atomic E-state index is 0.0761. The van der Waals surface area contributed by atoms with Crippen LogP contribution < -0.4 is 14.8 Å². The summed E-state index contributed by atoms with van der Waals surface area (Å²) >= 11 is 0. The van der Waals surface area contributed by atoms with Gasteiger partial charge in [-0.15, -0.1) is 0 Å². The van der Waals surface area contributed by atoms with Crippen molar-refractivity contribution in [2.45, 2.75) is 32.6 Å². The van der Waals surface area contributed by atoms with Crippen LogP contribution in [0.4, 0.5) is 5.69 Å². The van der Waals surface area contributed by atoms with Crippen molar-refractivity contribution in [3.05, 3.63) is 48.4 Å². The standard InChI is InChI=1S/C24H29N3O4/c1-3-29-18-11-12-21(30-4-2)20(14-18)25-23(28)16-27-13-7-8-17(15-27)24-26-19-9-5-6-10-22(19)31-24/h5-6,9-12,14,17H,3-4,7-8,13,15-16H2,1-2H3,(H,25,28). The first-order valence-corrected chi connectivity index (χ1v) is 10.9. The molecular weight excluding hydrogens is 394 g/mol. The molecule has 7 nitrogen and oxygen atoms in total. The molecule has 1 aromatic heterocycles. The summed E-state index contributed by atoms with van der Waals surface area (Å²) in [5.74, 6) is 2.22. The Bertz CT molecular complexity index is 1000. The van der Waals surface area contributed by atoms with Crippen LogP contribution >= 0.6 is 0 Å². The highest BCUT2D eigenvalue weighted by Gasteiger charge is 2.26. The maximum atomic E-state index is 12.8. The molecule has 1 N–H and O–H groups in total. The van der Waals surface area contributed by atoms with Crippen LogP contribution in [0.25, 0.3) is 11.1 Å². The van der Waals surface area contributed by atoms with Crippen LogP contribution in [0.1, 0.15) is 38.5 Å². The first-order valence-electron chi connectivity index (χ1n) is 10.9. The largest absolute Gasteiger partial charge is 0.494 e. The van der Waals surface area contributed by atoms with Crippen molar-refractivity contribution in [3.63, 3.8) is 0 Å². The molecule has 2 aromatic carbocycles. The van der Waals surface area contributed by atoms with Crippen molar-refractivity contribution in [2.75, 3.05) is 38.2 Å². The normalized spacial score (nSPS) is 16.9. The monoisotopic (exact) mass is 423 g/mol. The summed E-state index contributed by atoms with van der Waals surface area (Å²) in [6, 6.07) is 13.3. The Labute approximate surface area is 182 Å². The molecule has 1 fully saturated rings. The number of para-hydroxylation sites is 2. The van der Waals surface area contributed by atoms with E-state index in [1.807, 2.05) is 56.3 Å². The Hall–Kier alpha value is -3.06. The summed E-state index contributed by atoms with van der Waals surface area (Å²) in [5, 5.41) is 2.99. The lowest BCUT2D eigenvalue weighted by atomic mass is 9.98. The zero-order valence-electron chi connectivity index (χ0n) is 18.1. The summed E-state index contributed by atoms with van der Waals surface area (Å²) < 4.78 is 17.2. The number of nitrogens with zero attached hydrogens (tertiary/aromatic N) is 2. The van der Waals surface area contributed by atoms with E-state index in [0.29, 0.717) is 36.9 Å². The summed E-state index contributed by atoms with van der Waals surface area (Å²) in [7, 11) is 0. The molecule has 0 radical (unpaired) electrons. The van der Waals surface area contributed by atoms with Crippen LogP contribution in [0.2, 0.25) is 0 Å². The van der Waals surface area contributed by atoms with Gasteiger partial charge in [-0.25, -0.2) is 4.98 Å². The number of amides is 1. The van der Waals surface area contributed by atoms with E-state index in [2.05, 4.69) is 15.2 Å². The molecule has 164 valence electrons. The molecule has 4 rings (SSSR count). The van der Waals surface area contributed by atoms with Crippen molar-refractivity contribution in [3.8, 4) is 11.5 Å². The molecule has 1 aliphatic rings. The minimum Gasteiger partial charge on any atom is -0.494 e. The molecule has 1 unspecified atom stereocenters. The minimum atomic E-state index is -0.0761. The van der Waals surface area contributed by atoms with Gasteiger partial charge in [0.1, 0.15) is 17.0 Å². The highest BCUT2D eigenvalue weighted by molar-refractivity contribution is 5.94. The third-order valence-corrected chi connectivity index (χ3v) is 5.37. The number of carbonyl (C=O) groups excluding carboxylic acids is 1.